The van der Waals surface area contributed by atoms with E-state index >= 15 is 0 Å². The molecular formula is C22H19N5O2S. The second-order valence-corrected chi connectivity index (χ2v) is 8.35. The Kier molecular flexibility index (Phi) is 4.36. The van der Waals surface area contributed by atoms with Crippen LogP contribution in [-0.4, -0.2) is 33.5 Å². The first-order chi connectivity index (χ1) is 14.5. The van der Waals surface area contributed by atoms with Gasteiger partial charge in [-0.05, 0) is 48.2 Å². The average Bonchev–Trinajstić information content (AvgIpc) is 3.46. The molecule has 2 aromatic carbocycles. The molecule has 0 radical (unpaired) electrons. The fourth-order valence-corrected chi connectivity index (χ4v) is 4.59. The Morgan fingerprint density at radius 1 is 1.27 bits per heavy atom. The third kappa shape index (κ3) is 3.05. The SMILES string of the molecule is CC(=O)N1CCc2c(-c3cc(NC(=O)c4csc(C)n4)c4cn[nH]c4c3)cccc21. The highest BCUT2D eigenvalue weighted by molar-refractivity contribution is 7.09. The van der Waals surface area contributed by atoms with Gasteiger partial charge in [-0.2, -0.15) is 5.10 Å². The molecule has 1 aliphatic heterocycles. The first-order valence-corrected chi connectivity index (χ1v) is 10.5. The van der Waals surface area contributed by atoms with E-state index in [-0.39, 0.29) is 11.8 Å². The van der Waals surface area contributed by atoms with Crippen LogP contribution in [0.4, 0.5) is 11.4 Å². The lowest BCUT2D eigenvalue weighted by atomic mass is 9.96. The van der Waals surface area contributed by atoms with E-state index < -0.39 is 0 Å². The van der Waals surface area contributed by atoms with Gasteiger partial charge < -0.3 is 10.2 Å². The topological polar surface area (TPSA) is 91.0 Å². The molecule has 0 spiro atoms. The minimum absolute atomic E-state index is 0.0430. The molecule has 5 rings (SSSR count). The Balaban J connectivity index is 1.59. The molecule has 0 aliphatic carbocycles. The number of aromatic nitrogens is 3. The van der Waals surface area contributed by atoms with Crippen molar-refractivity contribution < 1.29 is 9.59 Å². The van der Waals surface area contributed by atoms with Gasteiger partial charge in [-0.3, -0.25) is 14.7 Å². The van der Waals surface area contributed by atoms with Crippen LogP contribution in [0.25, 0.3) is 22.0 Å². The zero-order valence-corrected chi connectivity index (χ0v) is 17.3. The Morgan fingerprint density at radius 2 is 2.13 bits per heavy atom. The van der Waals surface area contributed by atoms with Crippen molar-refractivity contribution in [1.82, 2.24) is 15.2 Å². The molecule has 0 saturated carbocycles. The van der Waals surface area contributed by atoms with Gasteiger partial charge in [0.15, 0.2) is 0 Å². The summed E-state index contributed by atoms with van der Waals surface area (Å²) >= 11 is 1.44. The van der Waals surface area contributed by atoms with Gasteiger partial charge in [0.1, 0.15) is 5.69 Å². The van der Waals surface area contributed by atoms with Crippen molar-refractivity contribution in [2.75, 3.05) is 16.8 Å². The van der Waals surface area contributed by atoms with Gasteiger partial charge in [0.2, 0.25) is 5.91 Å². The summed E-state index contributed by atoms with van der Waals surface area (Å²) in [6.07, 6.45) is 2.50. The van der Waals surface area contributed by atoms with Crippen molar-refractivity contribution >= 4 is 45.4 Å². The summed E-state index contributed by atoms with van der Waals surface area (Å²) in [7, 11) is 0. The van der Waals surface area contributed by atoms with Crippen LogP contribution in [0, 0.1) is 6.92 Å². The number of hydrogen-bond acceptors (Lipinski definition) is 5. The molecule has 2 N–H and O–H groups in total. The van der Waals surface area contributed by atoms with E-state index in [0.29, 0.717) is 17.9 Å². The average molecular weight is 417 g/mol. The molecule has 7 nitrogen and oxygen atoms in total. The maximum atomic E-state index is 12.7. The van der Waals surface area contributed by atoms with Crippen LogP contribution in [0.1, 0.15) is 28.0 Å². The van der Waals surface area contributed by atoms with E-state index in [0.717, 1.165) is 44.7 Å². The molecule has 0 bridgehead atoms. The summed E-state index contributed by atoms with van der Waals surface area (Å²) in [4.78, 5) is 30.8. The predicted octanol–water partition coefficient (Wildman–Crippen LogP) is 4.16. The van der Waals surface area contributed by atoms with E-state index in [1.807, 2.05) is 31.2 Å². The number of thiazole rings is 1. The van der Waals surface area contributed by atoms with E-state index in [9.17, 15) is 9.59 Å². The molecule has 4 aromatic rings. The molecule has 0 unspecified atom stereocenters. The predicted molar refractivity (Wildman–Crippen MR) is 118 cm³/mol. The lowest BCUT2D eigenvalue weighted by molar-refractivity contribution is -0.116. The number of carbonyl (C=O) groups excluding carboxylic acids is 2. The fraction of sp³-hybridized carbons (Fsp3) is 0.182. The van der Waals surface area contributed by atoms with E-state index in [4.69, 9.17) is 0 Å². The number of nitrogens with zero attached hydrogens (tertiary/aromatic N) is 3. The van der Waals surface area contributed by atoms with Crippen molar-refractivity contribution in [3.8, 4) is 11.1 Å². The molecule has 0 atom stereocenters. The van der Waals surface area contributed by atoms with Gasteiger partial charge in [-0.1, -0.05) is 12.1 Å². The van der Waals surface area contributed by atoms with Gasteiger partial charge in [0.25, 0.3) is 5.91 Å². The van der Waals surface area contributed by atoms with Crippen LogP contribution in [0.5, 0.6) is 0 Å². The summed E-state index contributed by atoms with van der Waals surface area (Å²) in [5.74, 6) is -0.207. The smallest absolute Gasteiger partial charge is 0.275 e. The number of amides is 2. The molecule has 3 heterocycles. The van der Waals surface area contributed by atoms with Crippen LogP contribution in [0.2, 0.25) is 0 Å². The highest BCUT2D eigenvalue weighted by atomic mass is 32.1. The van der Waals surface area contributed by atoms with Crippen molar-refractivity contribution in [2.24, 2.45) is 0 Å². The summed E-state index contributed by atoms with van der Waals surface area (Å²) < 4.78 is 0. The minimum Gasteiger partial charge on any atom is -0.320 e. The quantitative estimate of drug-likeness (QED) is 0.524. The first-order valence-electron chi connectivity index (χ1n) is 9.62. The maximum absolute atomic E-state index is 12.7. The Bertz CT molecular complexity index is 1310. The zero-order valence-electron chi connectivity index (χ0n) is 16.5. The van der Waals surface area contributed by atoms with Crippen LogP contribution < -0.4 is 10.2 Å². The summed E-state index contributed by atoms with van der Waals surface area (Å²) in [5.41, 5.74) is 6.00. The number of carbonyl (C=O) groups is 2. The van der Waals surface area contributed by atoms with Crippen LogP contribution in [0.15, 0.2) is 41.9 Å². The second kappa shape index (κ2) is 7.07. The Labute approximate surface area is 176 Å². The number of aryl methyl sites for hydroxylation is 1. The van der Waals surface area contributed by atoms with Crippen LogP contribution in [-0.2, 0) is 11.2 Å². The molecule has 8 heteroatoms. The zero-order chi connectivity index (χ0) is 20.8. The number of anilines is 2. The van der Waals surface area contributed by atoms with Crippen molar-refractivity contribution in [3.63, 3.8) is 0 Å². The summed E-state index contributed by atoms with van der Waals surface area (Å²) in [6, 6.07) is 9.98. The highest BCUT2D eigenvalue weighted by Crippen LogP contribution is 2.38. The van der Waals surface area contributed by atoms with Gasteiger partial charge >= 0.3 is 0 Å². The number of H-pyrrole nitrogens is 1. The minimum atomic E-state index is -0.250. The lowest BCUT2D eigenvalue weighted by Crippen LogP contribution is -2.25. The van der Waals surface area contributed by atoms with Gasteiger partial charge in [-0.25, -0.2) is 4.98 Å². The molecule has 2 aromatic heterocycles. The van der Waals surface area contributed by atoms with Gasteiger partial charge in [0.05, 0.1) is 22.4 Å². The molecule has 30 heavy (non-hydrogen) atoms. The third-order valence-corrected chi connectivity index (χ3v) is 6.15. The van der Waals surface area contributed by atoms with Crippen molar-refractivity contribution in [2.45, 2.75) is 20.3 Å². The molecule has 2 amide bonds. The molecule has 0 saturated heterocycles. The van der Waals surface area contributed by atoms with Gasteiger partial charge in [0, 0.05) is 29.9 Å². The van der Waals surface area contributed by atoms with Crippen molar-refractivity contribution in [3.05, 3.63) is 58.2 Å². The Morgan fingerprint density at radius 3 is 2.90 bits per heavy atom. The normalized spacial score (nSPS) is 12.9. The largest absolute Gasteiger partial charge is 0.320 e. The molecule has 0 fully saturated rings. The number of hydrogen-bond donors (Lipinski definition) is 2. The van der Waals surface area contributed by atoms with E-state index in [1.54, 1.807) is 23.4 Å². The molecular weight excluding hydrogens is 398 g/mol. The number of benzene rings is 2. The number of aromatic amines is 1. The summed E-state index contributed by atoms with van der Waals surface area (Å²) in [6.45, 7) is 4.14. The van der Waals surface area contributed by atoms with Crippen LogP contribution in [0.3, 0.4) is 0 Å². The lowest BCUT2D eigenvalue weighted by Gasteiger charge is -2.16. The van der Waals surface area contributed by atoms with E-state index in [2.05, 4.69) is 26.6 Å². The standard InChI is InChI=1S/C22H19N5O2S/c1-12-24-20(11-30-12)22(29)25-18-8-14(9-19-17(18)10-23-26-19)15-4-3-5-21-16(15)6-7-27(21)13(2)28/h3-5,8-11H,6-7H2,1-2H3,(H,23,26)(H,25,29). The molecule has 150 valence electrons. The maximum Gasteiger partial charge on any atom is 0.275 e. The fourth-order valence-electron chi connectivity index (χ4n) is 4.00. The second-order valence-electron chi connectivity index (χ2n) is 7.28. The van der Waals surface area contributed by atoms with Crippen LogP contribution >= 0.6 is 11.3 Å². The molecule has 1 aliphatic rings. The monoisotopic (exact) mass is 417 g/mol. The van der Waals surface area contributed by atoms with E-state index in [1.165, 1.54) is 11.3 Å². The first kappa shape index (κ1) is 18.5. The third-order valence-electron chi connectivity index (χ3n) is 5.38. The number of fused-ring (bicyclic) bond motifs is 2. The Hall–Kier alpha value is -3.52. The summed E-state index contributed by atoms with van der Waals surface area (Å²) in [5, 5.41) is 13.6. The highest BCUT2D eigenvalue weighted by Gasteiger charge is 2.25. The number of rotatable bonds is 3. The van der Waals surface area contributed by atoms with Crippen molar-refractivity contribution in [1.29, 1.82) is 0 Å². The number of nitrogens with one attached hydrogen (secondary N) is 2. The van der Waals surface area contributed by atoms with Gasteiger partial charge in [-0.15, -0.1) is 11.3 Å².